The Bertz CT molecular complexity index is 610. The van der Waals surface area contributed by atoms with E-state index in [4.69, 9.17) is 17.3 Å². The molecule has 2 N–H and O–H groups in total. The molecule has 2 aromatic rings. The summed E-state index contributed by atoms with van der Waals surface area (Å²) in [7, 11) is 0. The number of anilines is 1. The van der Waals surface area contributed by atoms with E-state index in [1.165, 1.54) is 0 Å². The highest BCUT2D eigenvalue weighted by atomic mass is 79.9. The fourth-order valence-electron chi connectivity index (χ4n) is 1.57. The van der Waals surface area contributed by atoms with Crippen molar-refractivity contribution in [3.05, 3.63) is 61.9 Å². The highest BCUT2D eigenvalue weighted by Crippen LogP contribution is 2.13. The molecule has 2 rings (SSSR count). The largest absolute Gasteiger partial charge is 0.398 e. The van der Waals surface area contributed by atoms with E-state index in [9.17, 15) is 4.79 Å². The summed E-state index contributed by atoms with van der Waals surface area (Å²) >= 11 is 9.08. The van der Waals surface area contributed by atoms with Gasteiger partial charge in [-0.3, -0.25) is 4.79 Å². The second kappa shape index (κ2) is 4.94. The highest BCUT2D eigenvalue weighted by molar-refractivity contribution is 9.10. The van der Waals surface area contributed by atoms with Crippen LogP contribution in [0.5, 0.6) is 0 Å². The smallest absolute Gasteiger partial charge is 0.265 e. The van der Waals surface area contributed by atoms with Crippen molar-refractivity contribution in [3.63, 3.8) is 0 Å². The van der Waals surface area contributed by atoms with E-state index in [0.717, 1.165) is 5.56 Å². The summed E-state index contributed by atoms with van der Waals surface area (Å²) in [5.74, 6) is 0. The van der Waals surface area contributed by atoms with Crippen LogP contribution in [-0.2, 0) is 6.54 Å². The van der Waals surface area contributed by atoms with Gasteiger partial charge in [0.2, 0.25) is 0 Å². The lowest BCUT2D eigenvalue weighted by Crippen LogP contribution is -2.21. The minimum absolute atomic E-state index is 0.112. The van der Waals surface area contributed by atoms with Crippen molar-refractivity contribution in [3.8, 4) is 0 Å². The first-order chi connectivity index (χ1) is 8.06. The lowest BCUT2D eigenvalue weighted by atomic mass is 10.2. The molecule has 0 aliphatic rings. The average molecular weight is 314 g/mol. The molecular weight excluding hydrogens is 304 g/mol. The number of hydrogen-bond donors (Lipinski definition) is 1. The first-order valence-corrected chi connectivity index (χ1v) is 6.13. The van der Waals surface area contributed by atoms with E-state index in [-0.39, 0.29) is 5.56 Å². The van der Waals surface area contributed by atoms with E-state index < -0.39 is 0 Å². The molecular formula is C12H10BrClN2O. The zero-order valence-corrected chi connectivity index (χ0v) is 11.2. The quantitative estimate of drug-likeness (QED) is 0.926. The monoisotopic (exact) mass is 312 g/mol. The third-order valence-electron chi connectivity index (χ3n) is 2.31. The van der Waals surface area contributed by atoms with Crippen LogP contribution in [0, 0.1) is 0 Å². The third-order valence-corrected chi connectivity index (χ3v) is 3.11. The Morgan fingerprint density at radius 2 is 2.12 bits per heavy atom. The lowest BCUT2D eigenvalue weighted by Gasteiger charge is -2.08. The molecule has 0 unspecified atom stereocenters. The van der Waals surface area contributed by atoms with Crippen LogP contribution in [0.2, 0.25) is 5.02 Å². The minimum Gasteiger partial charge on any atom is -0.398 e. The van der Waals surface area contributed by atoms with Gasteiger partial charge in [-0.25, -0.2) is 0 Å². The van der Waals surface area contributed by atoms with Gasteiger partial charge in [-0.15, -0.1) is 0 Å². The normalized spacial score (nSPS) is 10.5. The van der Waals surface area contributed by atoms with Crippen molar-refractivity contribution in [1.29, 1.82) is 0 Å². The number of nitrogen functional groups attached to an aromatic ring is 1. The number of nitrogens with two attached hydrogens (primary N) is 1. The van der Waals surface area contributed by atoms with E-state index in [1.807, 2.05) is 18.2 Å². The minimum atomic E-state index is -0.112. The summed E-state index contributed by atoms with van der Waals surface area (Å²) in [6, 6.07) is 8.98. The van der Waals surface area contributed by atoms with Crippen molar-refractivity contribution in [2.24, 2.45) is 0 Å². The molecule has 0 spiro atoms. The van der Waals surface area contributed by atoms with E-state index in [0.29, 0.717) is 21.7 Å². The number of nitrogens with zero attached hydrogens (tertiary/aromatic N) is 1. The molecule has 1 heterocycles. The van der Waals surface area contributed by atoms with Gasteiger partial charge >= 0.3 is 0 Å². The lowest BCUT2D eigenvalue weighted by molar-refractivity contribution is 0.757. The van der Waals surface area contributed by atoms with Crippen molar-refractivity contribution >= 4 is 33.2 Å². The van der Waals surface area contributed by atoms with Crippen LogP contribution in [0.3, 0.4) is 0 Å². The van der Waals surface area contributed by atoms with Crippen LogP contribution < -0.4 is 11.3 Å². The fourth-order valence-corrected chi connectivity index (χ4v) is 2.28. The fraction of sp³-hybridized carbons (Fsp3) is 0.0833. The zero-order valence-electron chi connectivity index (χ0n) is 8.86. The Kier molecular flexibility index (Phi) is 3.54. The number of pyridine rings is 1. The molecule has 0 bridgehead atoms. The van der Waals surface area contributed by atoms with Crippen molar-refractivity contribution in [2.75, 3.05) is 5.73 Å². The van der Waals surface area contributed by atoms with Crippen LogP contribution in [0.15, 0.2) is 45.8 Å². The second-order valence-electron chi connectivity index (χ2n) is 3.68. The van der Waals surface area contributed by atoms with Gasteiger partial charge in [0.15, 0.2) is 0 Å². The maximum Gasteiger partial charge on any atom is 0.265 e. The molecule has 0 aliphatic carbocycles. The van der Waals surface area contributed by atoms with Crippen molar-refractivity contribution in [2.45, 2.75) is 6.54 Å². The highest BCUT2D eigenvalue weighted by Gasteiger charge is 2.03. The molecule has 0 radical (unpaired) electrons. The predicted molar refractivity (Wildman–Crippen MR) is 73.4 cm³/mol. The summed E-state index contributed by atoms with van der Waals surface area (Å²) in [4.78, 5) is 11.8. The number of hydrogen-bond acceptors (Lipinski definition) is 2. The van der Waals surface area contributed by atoms with E-state index >= 15 is 0 Å². The van der Waals surface area contributed by atoms with Crippen LogP contribution in [0.25, 0.3) is 0 Å². The van der Waals surface area contributed by atoms with Crippen LogP contribution in [-0.4, -0.2) is 4.57 Å². The van der Waals surface area contributed by atoms with Crippen LogP contribution in [0.4, 0.5) is 5.69 Å². The zero-order chi connectivity index (χ0) is 12.4. The number of rotatable bonds is 2. The van der Waals surface area contributed by atoms with Crippen molar-refractivity contribution in [1.82, 2.24) is 4.57 Å². The van der Waals surface area contributed by atoms with Gasteiger partial charge in [0.25, 0.3) is 5.56 Å². The van der Waals surface area contributed by atoms with Gasteiger partial charge < -0.3 is 10.3 Å². The molecule has 3 nitrogen and oxygen atoms in total. The van der Waals surface area contributed by atoms with Gasteiger partial charge in [-0.1, -0.05) is 23.7 Å². The van der Waals surface area contributed by atoms with Gasteiger partial charge in [0, 0.05) is 16.9 Å². The summed E-state index contributed by atoms with van der Waals surface area (Å²) < 4.78 is 2.00. The molecule has 5 heteroatoms. The molecule has 0 aliphatic heterocycles. The third kappa shape index (κ3) is 2.90. The standard InChI is InChI=1S/C12H10BrClN2O/c13-11-5-10(15)7-16(12(11)17)6-8-2-1-3-9(14)4-8/h1-5,7H,6,15H2. The topological polar surface area (TPSA) is 48.0 Å². The Hall–Kier alpha value is -1.26. The van der Waals surface area contributed by atoms with Gasteiger partial charge in [0.05, 0.1) is 11.0 Å². The summed E-state index contributed by atoms with van der Waals surface area (Å²) in [5, 5.41) is 0.651. The Morgan fingerprint density at radius 3 is 2.82 bits per heavy atom. The number of benzene rings is 1. The molecule has 1 aromatic heterocycles. The molecule has 0 amide bonds. The average Bonchev–Trinajstić information content (AvgIpc) is 2.25. The molecule has 0 fully saturated rings. The first kappa shape index (κ1) is 12.2. The Balaban J connectivity index is 2.40. The second-order valence-corrected chi connectivity index (χ2v) is 4.98. The van der Waals surface area contributed by atoms with Gasteiger partial charge in [0.1, 0.15) is 0 Å². The SMILES string of the molecule is Nc1cc(Br)c(=O)n(Cc2cccc(Cl)c2)c1. The Morgan fingerprint density at radius 1 is 1.35 bits per heavy atom. The molecule has 88 valence electrons. The molecule has 0 atom stereocenters. The molecule has 17 heavy (non-hydrogen) atoms. The van der Waals surface area contributed by atoms with Crippen LogP contribution >= 0.6 is 27.5 Å². The number of halogens is 2. The molecule has 1 aromatic carbocycles. The predicted octanol–water partition coefficient (Wildman–Crippen LogP) is 2.89. The van der Waals surface area contributed by atoms with Gasteiger partial charge in [-0.2, -0.15) is 0 Å². The number of aromatic nitrogens is 1. The maximum atomic E-state index is 11.8. The molecule has 0 saturated heterocycles. The van der Waals surface area contributed by atoms with Gasteiger partial charge in [-0.05, 0) is 39.7 Å². The van der Waals surface area contributed by atoms with Crippen molar-refractivity contribution < 1.29 is 0 Å². The molecule has 0 saturated carbocycles. The maximum absolute atomic E-state index is 11.8. The Labute approximate surface area is 112 Å². The van der Waals surface area contributed by atoms with Crippen LogP contribution in [0.1, 0.15) is 5.56 Å². The van der Waals surface area contributed by atoms with E-state index in [2.05, 4.69) is 15.9 Å². The first-order valence-electron chi connectivity index (χ1n) is 4.96. The summed E-state index contributed by atoms with van der Waals surface area (Å²) in [5.41, 5.74) is 7.08. The summed E-state index contributed by atoms with van der Waals surface area (Å²) in [6.45, 7) is 0.447. The summed E-state index contributed by atoms with van der Waals surface area (Å²) in [6.07, 6.45) is 1.62. The van der Waals surface area contributed by atoms with E-state index in [1.54, 1.807) is 22.9 Å².